The van der Waals surface area contributed by atoms with Crippen molar-refractivity contribution in [3.05, 3.63) is 11.6 Å². The lowest BCUT2D eigenvalue weighted by atomic mass is 9.96. The Morgan fingerprint density at radius 1 is 1.30 bits per heavy atom. The number of hydrogen-bond donors (Lipinski definition) is 2. The summed E-state index contributed by atoms with van der Waals surface area (Å²) in [5.74, 6) is 1.98. The fourth-order valence-electron chi connectivity index (χ4n) is 2.53. The zero-order valence-corrected chi connectivity index (χ0v) is 13.6. The maximum atomic E-state index is 9.58. The van der Waals surface area contributed by atoms with Crippen LogP contribution in [0.25, 0.3) is 0 Å². The lowest BCUT2D eigenvalue weighted by Gasteiger charge is -2.31. The molecule has 0 aliphatic heterocycles. The Morgan fingerprint density at radius 2 is 2.00 bits per heavy atom. The molecule has 0 bridgehead atoms. The molecule has 0 fully saturated rings. The van der Waals surface area contributed by atoms with E-state index in [4.69, 9.17) is 0 Å². The molecule has 1 heterocycles. The molecule has 1 unspecified atom stereocenters. The van der Waals surface area contributed by atoms with Gasteiger partial charge in [0.2, 0.25) is 0 Å². The summed E-state index contributed by atoms with van der Waals surface area (Å²) in [6.45, 7) is 11.5. The summed E-state index contributed by atoms with van der Waals surface area (Å²) in [5.41, 5.74) is -0.214. The molecule has 5 nitrogen and oxygen atoms in total. The lowest BCUT2D eigenvalue weighted by molar-refractivity contribution is 0.153. The molecule has 2 N–H and O–H groups in total. The molecular formula is C15H30N4O. The van der Waals surface area contributed by atoms with Gasteiger partial charge in [-0.05, 0) is 19.8 Å². The summed E-state index contributed by atoms with van der Waals surface area (Å²) in [4.78, 5) is 4.52. The average Bonchev–Trinajstić information content (AvgIpc) is 2.80. The van der Waals surface area contributed by atoms with Gasteiger partial charge in [0.05, 0.1) is 6.61 Å². The highest BCUT2D eigenvalue weighted by atomic mass is 16.3. The van der Waals surface area contributed by atoms with Crippen LogP contribution in [0.4, 0.5) is 0 Å². The number of aromatic nitrogens is 3. The van der Waals surface area contributed by atoms with Crippen LogP contribution in [0.1, 0.15) is 59.1 Å². The van der Waals surface area contributed by atoms with Crippen LogP contribution in [0.15, 0.2) is 0 Å². The van der Waals surface area contributed by atoms with Crippen molar-refractivity contribution in [3.63, 3.8) is 0 Å². The Bertz CT molecular complexity index is 403. The molecular weight excluding hydrogens is 252 g/mol. The molecule has 1 atom stereocenters. The number of aryl methyl sites for hydroxylation is 3. The molecule has 0 saturated carbocycles. The quantitative estimate of drug-likeness (QED) is 0.726. The van der Waals surface area contributed by atoms with E-state index in [2.05, 4.69) is 50.0 Å². The third-order valence-electron chi connectivity index (χ3n) is 3.51. The van der Waals surface area contributed by atoms with Gasteiger partial charge in [0, 0.05) is 31.0 Å². The van der Waals surface area contributed by atoms with Crippen LogP contribution >= 0.6 is 0 Å². The predicted octanol–water partition coefficient (Wildman–Crippen LogP) is 1.93. The minimum atomic E-state index is -0.214. The van der Waals surface area contributed by atoms with Crippen molar-refractivity contribution in [2.24, 2.45) is 0 Å². The van der Waals surface area contributed by atoms with Crippen molar-refractivity contribution in [2.75, 3.05) is 6.61 Å². The summed E-state index contributed by atoms with van der Waals surface area (Å²) < 4.78 is 2.02. The van der Waals surface area contributed by atoms with Gasteiger partial charge in [0.1, 0.15) is 5.82 Å². The van der Waals surface area contributed by atoms with E-state index in [-0.39, 0.29) is 12.1 Å². The molecule has 1 aromatic heterocycles. The molecule has 1 aromatic rings. The monoisotopic (exact) mass is 282 g/mol. The molecule has 20 heavy (non-hydrogen) atoms. The highest BCUT2D eigenvalue weighted by molar-refractivity contribution is 4.93. The van der Waals surface area contributed by atoms with Gasteiger partial charge in [-0.3, -0.25) is 0 Å². The first-order valence-electron chi connectivity index (χ1n) is 7.75. The first-order valence-corrected chi connectivity index (χ1v) is 7.75. The van der Waals surface area contributed by atoms with E-state index >= 15 is 0 Å². The zero-order valence-electron chi connectivity index (χ0n) is 13.6. The van der Waals surface area contributed by atoms with Crippen LogP contribution in [0.5, 0.6) is 0 Å². The van der Waals surface area contributed by atoms with Crippen molar-refractivity contribution >= 4 is 0 Å². The van der Waals surface area contributed by atoms with E-state index in [1.54, 1.807) is 0 Å². The molecule has 0 aliphatic carbocycles. The summed E-state index contributed by atoms with van der Waals surface area (Å²) in [6.07, 6.45) is 3.69. The number of aliphatic hydroxyl groups excluding tert-OH is 1. The fraction of sp³-hybridized carbons (Fsp3) is 0.867. The number of nitrogens with one attached hydrogen (secondary N) is 1. The second kappa shape index (κ2) is 7.74. The van der Waals surface area contributed by atoms with Crippen molar-refractivity contribution in [2.45, 2.75) is 78.4 Å². The van der Waals surface area contributed by atoms with Crippen molar-refractivity contribution in [3.8, 4) is 0 Å². The van der Waals surface area contributed by atoms with Crippen LogP contribution in [-0.4, -0.2) is 38.1 Å². The third kappa shape index (κ3) is 4.87. The summed E-state index contributed by atoms with van der Waals surface area (Å²) >= 11 is 0. The highest BCUT2D eigenvalue weighted by Crippen LogP contribution is 2.14. The van der Waals surface area contributed by atoms with Crippen molar-refractivity contribution in [1.82, 2.24) is 20.1 Å². The third-order valence-corrected chi connectivity index (χ3v) is 3.51. The molecule has 0 spiro atoms. The lowest BCUT2D eigenvalue weighted by Crippen LogP contribution is -2.49. The SMILES string of the molecule is CCc1nc(CC)n(CCCC(C)(CO)NC(C)C)n1. The van der Waals surface area contributed by atoms with Crippen LogP contribution in [0.3, 0.4) is 0 Å². The van der Waals surface area contributed by atoms with Crippen LogP contribution in [0, 0.1) is 0 Å². The maximum absolute atomic E-state index is 9.58. The second-order valence-electron chi connectivity index (χ2n) is 6.00. The van der Waals surface area contributed by atoms with Gasteiger partial charge in [-0.2, -0.15) is 5.10 Å². The van der Waals surface area contributed by atoms with Gasteiger partial charge in [0.15, 0.2) is 5.82 Å². The Kier molecular flexibility index (Phi) is 6.62. The molecule has 0 aromatic carbocycles. The zero-order chi connectivity index (χ0) is 15.2. The van der Waals surface area contributed by atoms with Crippen LogP contribution < -0.4 is 5.32 Å². The topological polar surface area (TPSA) is 63.0 Å². The molecule has 0 saturated heterocycles. The molecule has 0 aliphatic rings. The van der Waals surface area contributed by atoms with Gasteiger partial charge in [0.25, 0.3) is 0 Å². The highest BCUT2D eigenvalue weighted by Gasteiger charge is 2.23. The maximum Gasteiger partial charge on any atom is 0.150 e. The first-order chi connectivity index (χ1) is 9.44. The summed E-state index contributed by atoms with van der Waals surface area (Å²) in [7, 11) is 0. The smallest absolute Gasteiger partial charge is 0.150 e. The van der Waals surface area contributed by atoms with Gasteiger partial charge in [-0.15, -0.1) is 0 Å². The largest absolute Gasteiger partial charge is 0.394 e. The Hall–Kier alpha value is -0.940. The standard InChI is InChI=1S/C15H30N4O/c1-6-13-16-14(7-2)19(18-13)10-8-9-15(5,11-20)17-12(3)4/h12,17,20H,6-11H2,1-5H3. The number of aliphatic hydroxyl groups is 1. The van der Waals surface area contributed by atoms with Crippen molar-refractivity contribution < 1.29 is 5.11 Å². The fourth-order valence-corrected chi connectivity index (χ4v) is 2.53. The Balaban J connectivity index is 2.56. The molecule has 0 radical (unpaired) electrons. The summed E-state index contributed by atoms with van der Waals surface area (Å²) in [6, 6.07) is 0.372. The van der Waals surface area contributed by atoms with Gasteiger partial charge < -0.3 is 10.4 Å². The number of rotatable bonds is 9. The Labute approximate surface area is 122 Å². The van der Waals surface area contributed by atoms with Gasteiger partial charge >= 0.3 is 0 Å². The first kappa shape index (κ1) is 17.1. The minimum Gasteiger partial charge on any atom is -0.394 e. The van der Waals surface area contributed by atoms with Crippen LogP contribution in [0.2, 0.25) is 0 Å². The average molecular weight is 282 g/mol. The Morgan fingerprint density at radius 3 is 2.50 bits per heavy atom. The molecule has 0 amide bonds. The summed E-state index contributed by atoms with van der Waals surface area (Å²) in [5, 5.41) is 17.5. The predicted molar refractivity (Wildman–Crippen MR) is 81.8 cm³/mol. The van der Waals surface area contributed by atoms with Gasteiger partial charge in [-0.1, -0.05) is 27.7 Å². The van der Waals surface area contributed by atoms with E-state index in [1.165, 1.54) is 0 Å². The number of nitrogens with zero attached hydrogens (tertiary/aromatic N) is 3. The molecule has 116 valence electrons. The normalized spacial score (nSPS) is 14.8. The van der Waals surface area contributed by atoms with Crippen LogP contribution in [-0.2, 0) is 19.4 Å². The molecule has 1 rings (SSSR count). The van der Waals surface area contributed by atoms with E-state index in [0.29, 0.717) is 6.04 Å². The van der Waals surface area contributed by atoms with E-state index in [0.717, 1.165) is 43.9 Å². The van der Waals surface area contributed by atoms with Crippen molar-refractivity contribution in [1.29, 1.82) is 0 Å². The van der Waals surface area contributed by atoms with E-state index < -0.39 is 0 Å². The molecule has 5 heteroatoms. The minimum absolute atomic E-state index is 0.156. The van der Waals surface area contributed by atoms with E-state index in [9.17, 15) is 5.11 Å². The second-order valence-corrected chi connectivity index (χ2v) is 6.00. The van der Waals surface area contributed by atoms with Gasteiger partial charge in [-0.25, -0.2) is 9.67 Å². The van der Waals surface area contributed by atoms with E-state index in [1.807, 2.05) is 4.68 Å². The number of hydrogen-bond acceptors (Lipinski definition) is 4.